The van der Waals surface area contributed by atoms with Gasteiger partial charge in [0.2, 0.25) is 0 Å². The molecule has 0 atom stereocenters. The molecular formula is C19H14F2N2O2. The number of hydrogen-bond acceptors (Lipinski definition) is 3. The average molecular weight is 340 g/mol. The fourth-order valence-corrected chi connectivity index (χ4v) is 2.42. The number of amides is 1. The van der Waals surface area contributed by atoms with Crippen molar-refractivity contribution in [2.24, 2.45) is 0 Å². The van der Waals surface area contributed by atoms with E-state index in [1.807, 2.05) is 0 Å². The normalized spacial score (nSPS) is 10.5. The average Bonchev–Trinajstić information content (AvgIpc) is 2.61. The highest BCUT2D eigenvalue weighted by atomic mass is 19.1. The monoisotopic (exact) mass is 340 g/mol. The molecule has 1 amide bonds. The summed E-state index contributed by atoms with van der Waals surface area (Å²) >= 11 is 0. The summed E-state index contributed by atoms with van der Waals surface area (Å²) in [5, 5.41) is 10.1. The van der Waals surface area contributed by atoms with E-state index < -0.39 is 17.5 Å². The van der Waals surface area contributed by atoms with Crippen LogP contribution in [-0.4, -0.2) is 16.0 Å². The highest BCUT2D eigenvalue weighted by Gasteiger charge is 2.23. The van der Waals surface area contributed by atoms with E-state index in [-0.39, 0.29) is 23.5 Å². The molecule has 0 aliphatic heterocycles. The number of rotatable bonds is 4. The van der Waals surface area contributed by atoms with E-state index in [1.54, 1.807) is 36.5 Å². The van der Waals surface area contributed by atoms with Gasteiger partial charge >= 0.3 is 0 Å². The molecule has 0 aliphatic rings. The Morgan fingerprint density at radius 3 is 2.48 bits per heavy atom. The van der Waals surface area contributed by atoms with Gasteiger partial charge in [-0.25, -0.2) is 8.78 Å². The first-order valence-corrected chi connectivity index (χ1v) is 7.51. The van der Waals surface area contributed by atoms with Gasteiger partial charge in [-0.1, -0.05) is 18.2 Å². The number of carbonyl (C=O) groups excluding carboxylic acids is 1. The molecule has 25 heavy (non-hydrogen) atoms. The lowest BCUT2D eigenvalue weighted by Gasteiger charge is -2.23. The van der Waals surface area contributed by atoms with Crippen molar-refractivity contribution in [3.05, 3.63) is 89.8 Å². The molecule has 126 valence electrons. The van der Waals surface area contributed by atoms with Gasteiger partial charge in [0.1, 0.15) is 17.4 Å². The Morgan fingerprint density at radius 1 is 1.04 bits per heavy atom. The summed E-state index contributed by atoms with van der Waals surface area (Å²) in [5.74, 6) is -2.57. The first-order valence-electron chi connectivity index (χ1n) is 7.51. The van der Waals surface area contributed by atoms with Crippen LogP contribution in [0.2, 0.25) is 0 Å². The molecule has 0 unspecified atom stereocenters. The second-order valence-corrected chi connectivity index (χ2v) is 5.33. The smallest absolute Gasteiger partial charge is 0.261 e. The van der Waals surface area contributed by atoms with Gasteiger partial charge in [0.15, 0.2) is 0 Å². The molecule has 1 N–H and O–H groups in total. The van der Waals surface area contributed by atoms with Crippen LogP contribution >= 0.6 is 0 Å². The number of aromatic nitrogens is 1. The van der Waals surface area contributed by atoms with Gasteiger partial charge in [-0.05, 0) is 36.4 Å². The standard InChI is InChI=1S/C19H14F2N2O2/c20-13-8-9-15(16(21)11-13)19(25)23(12-14-5-3-4-10-22-14)17-6-1-2-7-18(17)24/h1-11,24H,12H2. The number of carbonyl (C=O) groups is 1. The minimum atomic E-state index is -0.966. The summed E-state index contributed by atoms with van der Waals surface area (Å²) in [6.45, 7) is 0.0219. The number of benzene rings is 2. The zero-order valence-corrected chi connectivity index (χ0v) is 13.1. The van der Waals surface area contributed by atoms with E-state index in [0.29, 0.717) is 11.8 Å². The second kappa shape index (κ2) is 7.09. The maximum absolute atomic E-state index is 14.1. The zero-order valence-electron chi connectivity index (χ0n) is 13.1. The highest BCUT2D eigenvalue weighted by molar-refractivity contribution is 6.06. The van der Waals surface area contributed by atoms with Crippen molar-refractivity contribution in [1.82, 2.24) is 4.98 Å². The summed E-state index contributed by atoms with van der Waals surface area (Å²) in [6.07, 6.45) is 1.57. The Labute approximate surface area is 143 Å². The van der Waals surface area contributed by atoms with Crippen LogP contribution in [0, 0.1) is 11.6 Å². The summed E-state index contributed by atoms with van der Waals surface area (Å²) in [5.41, 5.74) is 0.476. The van der Waals surface area contributed by atoms with Crippen molar-refractivity contribution in [3.8, 4) is 5.75 Å². The van der Waals surface area contributed by atoms with Crippen molar-refractivity contribution in [1.29, 1.82) is 0 Å². The lowest BCUT2D eigenvalue weighted by Crippen LogP contribution is -2.31. The molecule has 0 radical (unpaired) electrons. The van der Waals surface area contributed by atoms with Crippen LogP contribution in [-0.2, 0) is 6.54 Å². The number of aromatic hydroxyl groups is 1. The van der Waals surface area contributed by atoms with Gasteiger partial charge in [0.05, 0.1) is 23.5 Å². The number of para-hydroxylation sites is 2. The molecule has 1 heterocycles. The summed E-state index contributed by atoms with van der Waals surface area (Å²) in [6, 6.07) is 14.2. The Morgan fingerprint density at radius 2 is 1.80 bits per heavy atom. The minimum absolute atomic E-state index is 0.0219. The van der Waals surface area contributed by atoms with Crippen LogP contribution in [0.15, 0.2) is 66.9 Å². The fourth-order valence-electron chi connectivity index (χ4n) is 2.42. The maximum atomic E-state index is 14.1. The number of halogens is 2. The molecule has 2 aromatic carbocycles. The van der Waals surface area contributed by atoms with Gasteiger partial charge in [-0.15, -0.1) is 0 Å². The Bertz CT molecular complexity index is 901. The van der Waals surface area contributed by atoms with Gasteiger partial charge in [0, 0.05) is 12.3 Å². The van der Waals surface area contributed by atoms with E-state index >= 15 is 0 Å². The highest BCUT2D eigenvalue weighted by Crippen LogP contribution is 2.29. The van der Waals surface area contributed by atoms with Crippen LogP contribution in [0.5, 0.6) is 5.75 Å². The van der Waals surface area contributed by atoms with Crippen LogP contribution in [0.25, 0.3) is 0 Å². The minimum Gasteiger partial charge on any atom is -0.506 e. The third-order valence-corrected chi connectivity index (χ3v) is 3.63. The molecular weight excluding hydrogens is 326 g/mol. The van der Waals surface area contributed by atoms with Gasteiger partial charge < -0.3 is 5.11 Å². The van der Waals surface area contributed by atoms with E-state index in [2.05, 4.69) is 4.98 Å². The number of hydrogen-bond donors (Lipinski definition) is 1. The van der Waals surface area contributed by atoms with Gasteiger partial charge in [-0.3, -0.25) is 14.7 Å². The predicted octanol–water partition coefficient (Wildman–Crippen LogP) is 3.91. The Hall–Kier alpha value is -3.28. The Balaban J connectivity index is 2.04. The SMILES string of the molecule is O=C(c1ccc(F)cc1F)N(Cc1ccccn1)c1ccccc1O. The van der Waals surface area contributed by atoms with Gasteiger partial charge in [0.25, 0.3) is 5.91 Å². The quantitative estimate of drug-likeness (QED) is 0.783. The molecule has 1 aromatic heterocycles. The number of pyridine rings is 1. The molecule has 3 rings (SSSR count). The number of phenolic OH excluding ortho intramolecular Hbond substituents is 1. The summed E-state index contributed by atoms with van der Waals surface area (Å²) in [7, 11) is 0. The lowest BCUT2D eigenvalue weighted by molar-refractivity contribution is 0.0980. The van der Waals surface area contributed by atoms with Crippen molar-refractivity contribution >= 4 is 11.6 Å². The molecule has 4 nitrogen and oxygen atoms in total. The first-order chi connectivity index (χ1) is 12.1. The third-order valence-electron chi connectivity index (χ3n) is 3.63. The topological polar surface area (TPSA) is 53.4 Å². The molecule has 0 saturated carbocycles. The van der Waals surface area contributed by atoms with E-state index in [1.165, 1.54) is 17.0 Å². The molecule has 0 spiro atoms. The number of phenols is 1. The fraction of sp³-hybridized carbons (Fsp3) is 0.0526. The van der Waals surface area contributed by atoms with E-state index in [9.17, 15) is 18.7 Å². The molecule has 0 aliphatic carbocycles. The van der Waals surface area contributed by atoms with Crippen molar-refractivity contribution in [2.45, 2.75) is 6.54 Å². The number of anilines is 1. The van der Waals surface area contributed by atoms with E-state index in [4.69, 9.17) is 0 Å². The predicted molar refractivity (Wildman–Crippen MR) is 89.2 cm³/mol. The largest absolute Gasteiger partial charge is 0.506 e. The summed E-state index contributed by atoms with van der Waals surface area (Å²) in [4.78, 5) is 18.2. The van der Waals surface area contributed by atoms with Crippen molar-refractivity contribution < 1.29 is 18.7 Å². The molecule has 0 saturated heterocycles. The van der Waals surface area contributed by atoms with Crippen LogP contribution < -0.4 is 4.90 Å². The van der Waals surface area contributed by atoms with Crippen molar-refractivity contribution in [3.63, 3.8) is 0 Å². The maximum Gasteiger partial charge on any atom is 0.261 e. The number of nitrogens with zero attached hydrogens (tertiary/aromatic N) is 2. The summed E-state index contributed by atoms with van der Waals surface area (Å²) < 4.78 is 27.2. The zero-order chi connectivity index (χ0) is 17.8. The van der Waals surface area contributed by atoms with Crippen LogP contribution in [0.3, 0.4) is 0 Å². The van der Waals surface area contributed by atoms with Crippen molar-refractivity contribution in [2.75, 3.05) is 4.90 Å². The third kappa shape index (κ3) is 3.63. The van der Waals surface area contributed by atoms with Crippen LogP contribution in [0.4, 0.5) is 14.5 Å². The molecule has 0 fully saturated rings. The second-order valence-electron chi connectivity index (χ2n) is 5.33. The molecule has 3 aromatic rings. The lowest BCUT2D eigenvalue weighted by atomic mass is 10.1. The molecule has 6 heteroatoms. The van der Waals surface area contributed by atoms with Gasteiger partial charge in [-0.2, -0.15) is 0 Å². The first kappa shape index (κ1) is 16.6. The Kier molecular flexibility index (Phi) is 4.70. The van der Waals surface area contributed by atoms with Crippen LogP contribution in [0.1, 0.15) is 16.1 Å². The van der Waals surface area contributed by atoms with E-state index in [0.717, 1.165) is 12.1 Å². The molecule has 0 bridgehead atoms.